The second-order valence-electron chi connectivity index (χ2n) is 6.00. The maximum absolute atomic E-state index is 12.4. The quantitative estimate of drug-likeness (QED) is 0.785. The van der Waals surface area contributed by atoms with E-state index in [1.54, 1.807) is 13.0 Å². The Morgan fingerprint density at radius 3 is 2.91 bits per heavy atom. The molecule has 0 aliphatic carbocycles. The fourth-order valence-corrected chi connectivity index (χ4v) is 2.96. The molecule has 1 aliphatic rings. The molecule has 1 aromatic rings. The van der Waals surface area contributed by atoms with Gasteiger partial charge in [-0.15, -0.1) is 6.58 Å². The third-order valence-corrected chi connectivity index (χ3v) is 4.26. The summed E-state index contributed by atoms with van der Waals surface area (Å²) >= 11 is 0. The van der Waals surface area contributed by atoms with Crippen molar-refractivity contribution in [3.8, 4) is 0 Å². The number of carboxylic acids is 1. The van der Waals surface area contributed by atoms with Gasteiger partial charge in [0.05, 0.1) is 11.8 Å². The number of carbonyl (C=O) groups is 2. The number of piperidine rings is 1. The number of H-pyrrole nitrogens is 1. The molecule has 23 heavy (non-hydrogen) atoms. The van der Waals surface area contributed by atoms with Gasteiger partial charge in [-0.1, -0.05) is 6.08 Å². The van der Waals surface area contributed by atoms with Crippen LogP contribution in [0.2, 0.25) is 0 Å². The van der Waals surface area contributed by atoms with Gasteiger partial charge in [0.1, 0.15) is 5.82 Å². The SMILES string of the molecule is C=CC[C@]1(C(=O)O)CCCN(C(=O)Cc2cnc(C)[nH]c2=O)C1. The zero-order chi connectivity index (χ0) is 17.0. The predicted molar refractivity (Wildman–Crippen MR) is 84.0 cm³/mol. The Morgan fingerprint density at radius 2 is 2.30 bits per heavy atom. The first-order chi connectivity index (χ1) is 10.9. The summed E-state index contributed by atoms with van der Waals surface area (Å²) in [4.78, 5) is 44.0. The number of allylic oxidation sites excluding steroid dienone is 1. The fourth-order valence-electron chi connectivity index (χ4n) is 2.96. The van der Waals surface area contributed by atoms with Crippen molar-refractivity contribution in [2.75, 3.05) is 13.1 Å². The third kappa shape index (κ3) is 3.67. The summed E-state index contributed by atoms with van der Waals surface area (Å²) < 4.78 is 0. The van der Waals surface area contributed by atoms with Crippen LogP contribution in [0.1, 0.15) is 30.7 Å². The summed E-state index contributed by atoms with van der Waals surface area (Å²) in [5.41, 5.74) is -1.03. The van der Waals surface area contributed by atoms with E-state index in [2.05, 4.69) is 16.5 Å². The molecule has 7 heteroatoms. The number of hydrogen-bond donors (Lipinski definition) is 2. The van der Waals surface area contributed by atoms with Crippen molar-refractivity contribution < 1.29 is 14.7 Å². The number of amides is 1. The molecule has 124 valence electrons. The van der Waals surface area contributed by atoms with Crippen molar-refractivity contribution in [3.05, 3.63) is 40.6 Å². The zero-order valence-corrected chi connectivity index (χ0v) is 13.2. The molecular formula is C16H21N3O4. The van der Waals surface area contributed by atoms with E-state index in [0.717, 1.165) is 0 Å². The number of carbonyl (C=O) groups excluding carboxylic acids is 1. The summed E-state index contributed by atoms with van der Waals surface area (Å²) in [6.45, 7) is 5.93. The van der Waals surface area contributed by atoms with Gasteiger partial charge in [0.15, 0.2) is 0 Å². The lowest BCUT2D eigenvalue weighted by Gasteiger charge is -2.39. The molecule has 0 spiro atoms. The Bertz CT molecular complexity index is 682. The lowest BCUT2D eigenvalue weighted by atomic mass is 9.77. The number of aromatic nitrogens is 2. The predicted octanol–water partition coefficient (Wildman–Crippen LogP) is 0.890. The highest BCUT2D eigenvalue weighted by atomic mass is 16.4. The summed E-state index contributed by atoms with van der Waals surface area (Å²) in [5, 5.41) is 9.53. The molecule has 1 aliphatic heterocycles. The van der Waals surface area contributed by atoms with Gasteiger partial charge in [-0.3, -0.25) is 14.4 Å². The van der Waals surface area contributed by atoms with Crippen molar-refractivity contribution in [2.24, 2.45) is 5.41 Å². The molecule has 0 bridgehead atoms. The number of hydrogen-bond acceptors (Lipinski definition) is 4. The average Bonchev–Trinajstić information content (AvgIpc) is 2.50. The number of aliphatic carboxylic acids is 1. The Balaban J connectivity index is 2.14. The molecule has 0 aromatic carbocycles. The molecule has 2 rings (SSSR count). The number of likely N-dealkylation sites (tertiary alicyclic amines) is 1. The van der Waals surface area contributed by atoms with Crippen LogP contribution in [0.5, 0.6) is 0 Å². The molecule has 1 amide bonds. The highest BCUT2D eigenvalue weighted by Gasteiger charge is 2.42. The van der Waals surface area contributed by atoms with Crippen molar-refractivity contribution in [2.45, 2.75) is 32.6 Å². The van der Waals surface area contributed by atoms with Crippen LogP contribution < -0.4 is 5.56 Å². The van der Waals surface area contributed by atoms with Gasteiger partial charge in [-0.25, -0.2) is 4.98 Å². The maximum atomic E-state index is 12.4. The third-order valence-electron chi connectivity index (χ3n) is 4.26. The average molecular weight is 319 g/mol. The van der Waals surface area contributed by atoms with E-state index in [0.29, 0.717) is 31.6 Å². The van der Waals surface area contributed by atoms with Crippen LogP contribution in [0, 0.1) is 12.3 Å². The number of aryl methyl sites for hydroxylation is 1. The van der Waals surface area contributed by atoms with Gasteiger partial charge >= 0.3 is 5.97 Å². The van der Waals surface area contributed by atoms with Crippen LogP contribution in [-0.4, -0.2) is 44.9 Å². The molecule has 1 atom stereocenters. The van der Waals surface area contributed by atoms with E-state index < -0.39 is 11.4 Å². The van der Waals surface area contributed by atoms with Gasteiger partial charge < -0.3 is 15.0 Å². The highest BCUT2D eigenvalue weighted by molar-refractivity contribution is 5.81. The molecule has 0 radical (unpaired) electrons. The summed E-state index contributed by atoms with van der Waals surface area (Å²) in [5.74, 6) is -0.680. The van der Waals surface area contributed by atoms with Crippen LogP contribution in [0.4, 0.5) is 0 Å². The Kier molecular flexibility index (Phi) is 4.98. The van der Waals surface area contributed by atoms with Crippen LogP contribution >= 0.6 is 0 Å². The Morgan fingerprint density at radius 1 is 1.57 bits per heavy atom. The lowest BCUT2D eigenvalue weighted by Crippen LogP contribution is -2.50. The monoisotopic (exact) mass is 319 g/mol. The Hall–Kier alpha value is -2.44. The van der Waals surface area contributed by atoms with Gasteiger partial charge in [-0.05, 0) is 26.2 Å². The van der Waals surface area contributed by atoms with E-state index in [9.17, 15) is 19.5 Å². The smallest absolute Gasteiger partial charge is 0.311 e. The fraction of sp³-hybridized carbons (Fsp3) is 0.500. The number of rotatable bonds is 5. The standard InChI is InChI=1S/C16H21N3O4/c1-3-5-16(15(22)23)6-4-7-19(10-16)13(20)8-12-9-17-11(2)18-14(12)21/h3,9H,1,4-8,10H2,2H3,(H,22,23)(H,17,18,21)/t16-/m0/s1. The molecule has 1 aromatic heterocycles. The van der Waals surface area contributed by atoms with Gasteiger partial charge in [0.25, 0.3) is 5.56 Å². The first kappa shape index (κ1) is 16.9. The largest absolute Gasteiger partial charge is 0.481 e. The first-order valence-electron chi connectivity index (χ1n) is 7.55. The normalized spacial score (nSPS) is 21.0. The second kappa shape index (κ2) is 6.76. The minimum absolute atomic E-state index is 0.0770. The van der Waals surface area contributed by atoms with Gasteiger partial charge in [0, 0.05) is 24.8 Å². The summed E-state index contributed by atoms with van der Waals surface area (Å²) in [6.07, 6.45) is 4.35. The minimum Gasteiger partial charge on any atom is -0.481 e. The molecule has 7 nitrogen and oxygen atoms in total. The maximum Gasteiger partial charge on any atom is 0.311 e. The molecule has 2 heterocycles. The van der Waals surface area contributed by atoms with Crippen molar-refractivity contribution >= 4 is 11.9 Å². The summed E-state index contributed by atoms with van der Waals surface area (Å²) in [7, 11) is 0. The number of aromatic amines is 1. The topological polar surface area (TPSA) is 103 Å². The molecule has 0 saturated carbocycles. The minimum atomic E-state index is -0.979. The zero-order valence-electron chi connectivity index (χ0n) is 13.2. The van der Waals surface area contributed by atoms with E-state index in [1.807, 2.05) is 0 Å². The highest BCUT2D eigenvalue weighted by Crippen LogP contribution is 2.34. The number of nitrogens with zero attached hydrogens (tertiary/aromatic N) is 2. The van der Waals surface area contributed by atoms with Crippen molar-refractivity contribution in [3.63, 3.8) is 0 Å². The van der Waals surface area contributed by atoms with Crippen molar-refractivity contribution in [1.29, 1.82) is 0 Å². The van der Waals surface area contributed by atoms with Gasteiger partial charge in [-0.2, -0.15) is 0 Å². The molecule has 1 fully saturated rings. The van der Waals surface area contributed by atoms with Crippen LogP contribution in [0.15, 0.2) is 23.6 Å². The molecular weight excluding hydrogens is 298 g/mol. The summed E-state index contributed by atoms with van der Waals surface area (Å²) in [6, 6.07) is 0. The second-order valence-corrected chi connectivity index (χ2v) is 6.00. The van der Waals surface area contributed by atoms with E-state index in [4.69, 9.17) is 0 Å². The van der Waals surface area contributed by atoms with E-state index in [1.165, 1.54) is 11.1 Å². The number of carboxylic acid groups (broad SMARTS) is 1. The Labute approximate surface area is 134 Å². The lowest BCUT2D eigenvalue weighted by molar-refractivity contribution is -0.154. The molecule has 2 N–H and O–H groups in total. The van der Waals surface area contributed by atoms with Crippen molar-refractivity contribution in [1.82, 2.24) is 14.9 Å². The van der Waals surface area contributed by atoms with Crippen LogP contribution in [-0.2, 0) is 16.0 Å². The van der Waals surface area contributed by atoms with E-state index in [-0.39, 0.29) is 30.0 Å². The number of nitrogens with one attached hydrogen (secondary N) is 1. The first-order valence-corrected chi connectivity index (χ1v) is 7.55. The van der Waals surface area contributed by atoms with Crippen LogP contribution in [0.3, 0.4) is 0 Å². The molecule has 0 unspecified atom stereocenters. The molecule has 1 saturated heterocycles. The van der Waals surface area contributed by atoms with Gasteiger partial charge in [0.2, 0.25) is 5.91 Å². The van der Waals surface area contributed by atoms with E-state index >= 15 is 0 Å². The van der Waals surface area contributed by atoms with Crippen LogP contribution in [0.25, 0.3) is 0 Å².